The molecule has 2 unspecified atom stereocenters. The van der Waals surface area contributed by atoms with Crippen LogP contribution in [0, 0.1) is 17.2 Å². The fraction of sp³-hybridized carbons (Fsp3) is 0.429. The monoisotopic (exact) mass is 417 g/mol. The highest BCUT2D eigenvalue weighted by atomic mass is 19.1. The summed E-state index contributed by atoms with van der Waals surface area (Å²) in [6, 6.07) is 9.19. The van der Waals surface area contributed by atoms with E-state index in [0.29, 0.717) is 0 Å². The molecule has 31 heavy (non-hydrogen) atoms. The minimum atomic E-state index is -0.231. The molecule has 0 aromatic heterocycles. The molecule has 2 aromatic rings. The number of allylic oxidation sites excluding steroid dienone is 2. The topological polar surface area (TPSA) is 21.3 Å². The predicted molar refractivity (Wildman–Crippen MR) is 127 cm³/mol. The zero-order valence-corrected chi connectivity index (χ0v) is 19.4. The summed E-state index contributed by atoms with van der Waals surface area (Å²) in [7, 11) is 0. The highest BCUT2D eigenvalue weighted by Crippen LogP contribution is 2.54. The third-order valence-corrected chi connectivity index (χ3v) is 6.88. The van der Waals surface area contributed by atoms with Crippen molar-refractivity contribution in [3.63, 3.8) is 0 Å². The molecule has 3 heteroatoms. The molecule has 162 valence electrons. The Bertz CT molecular complexity index is 1140. The van der Waals surface area contributed by atoms with Crippen molar-refractivity contribution < 1.29 is 9.13 Å². The van der Waals surface area contributed by atoms with Crippen LogP contribution in [-0.4, -0.2) is 5.54 Å². The van der Waals surface area contributed by atoms with Gasteiger partial charge in [0.25, 0.3) is 0 Å². The normalized spacial score (nSPS) is 25.1. The third kappa shape index (κ3) is 3.48. The van der Waals surface area contributed by atoms with Crippen molar-refractivity contribution in [1.82, 2.24) is 0 Å². The maximum Gasteiger partial charge on any atom is 0.131 e. The van der Waals surface area contributed by atoms with E-state index in [9.17, 15) is 4.39 Å². The Labute approximate surface area is 185 Å². The van der Waals surface area contributed by atoms with Crippen LogP contribution in [0.5, 0.6) is 5.75 Å². The van der Waals surface area contributed by atoms with Gasteiger partial charge in [-0.3, -0.25) is 0 Å². The van der Waals surface area contributed by atoms with Crippen LogP contribution in [0.2, 0.25) is 0 Å². The highest BCUT2D eigenvalue weighted by molar-refractivity contribution is 5.89. The number of hydrogen-bond acceptors (Lipinski definition) is 2. The number of benzene rings is 2. The van der Waals surface area contributed by atoms with Crippen molar-refractivity contribution in [2.75, 3.05) is 5.32 Å². The Morgan fingerprint density at radius 2 is 1.81 bits per heavy atom. The highest BCUT2D eigenvalue weighted by Gasteiger charge is 2.40. The maximum absolute atomic E-state index is 14.2. The van der Waals surface area contributed by atoms with E-state index in [1.54, 1.807) is 12.1 Å². The molecule has 5 rings (SSSR count). The number of hydrogen-bond donors (Lipinski definition) is 1. The first-order valence-corrected chi connectivity index (χ1v) is 11.3. The number of anilines is 1. The summed E-state index contributed by atoms with van der Waals surface area (Å²) in [6.45, 7) is 13.5. The molecule has 2 aliphatic heterocycles. The maximum atomic E-state index is 14.2. The molecule has 0 saturated heterocycles. The van der Waals surface area contributed by atoms with Crippen LogP contribution in [0.15, 0.2) is 48.1 Å². The summed E-state index contributed by atoms with van der Waals surface area (Å²) in [4.78, 5) is 0. The number of fused-ring (bicyclic) bond motifs is 5. The van der Waals surface area contributed by atoms with Gasteiger partial charge in [0, 0.05) is 28.3 Å². The summed E-state index contributed by atoms with van der Waals surface area (Å²) in [6.07, 6.45) is 6.79. The largest absolute Gasteiger partial charge is 0.484 e. The van der Waals surface area contributed by atoms with E-state index in [0.717, 1.165) is 35.4 Å². The van der Waals surface area contributed by atoms with Gasteiger partial charge < -0.3 is 10.1 Å². The molecular weight excluding hydrogens is 385 g/mol. The first kappa shape index (κ1) is 20.4. The zero-order valence-electron chi connectivity index (χ0n) is 19.4. The average molecular weight is 418 g/mol. The SMILES string of the molecule is CC1=CC(C2Oc3ccc(F)cc3-c3ccc4c(c32)C(C)=CC(C)(C)N4)CC(C)(C)C1. The van der Waals surface area contributed by atoms with E-state index in [4.69, 9.17) is 4.74 Å². The average Bonchev–Trinajstić information content (AvgIpc) is 2.64. The Kier molecular flexibility index (Phi) is 4.41. The summed E-state index contributed by atoms with van der Waals surface area (Å²) < 4.78 is 20.9. The second kappa shape index (κ2) is 6.72. The number of rotatable bonds is 1. The van der Waals surface area contributed by atoms with Gasteiger partial charge in [0.2, 0.25) is 0 Å². The Balaban J connectivity index is 1.75. The number of ether oxygens (including phenoxy) is 1. The van der Waals surface area contributed by atoms with Gasteiger partial charge in [-0.15, -0.1) is 0 Å². The molecule has 1 aliphatic carbocycles. The van der Waals surface area contributed by atoms with Crippen LogP contribution in [0.1, 0.15) is 71.6 Å². The van der Waals surface area contributed by atoms with E-state index in [-0.39, 0.29) is 28.8 Å². The van der Waals surface area contributed by atoms with Crippen LogP contribution in [-0.2, 0) is 0 Å². The number of halogens is 1. The molecule has 2 atom stereocenters. The van der Waals surface area contributed by atoms with E-state index in [1.807, 2.05) is 0 Å². The molecule has 1 N–H and O–H groups in total. The van der Waals surface area contributed by atoms with Gasteiger partial charge in [0.15, 0.2) is 0 Å². The standard InChI is InChI=1S/C28H32FNO/c1-16-11-18(15-27(3,4)13-16)26-25-20(21-12-19(29)7-10-23(21)31-26)8-9-22-24(25)17(2)14-28(5,6)30-22/h7-12,14,18,26,30H,13,15H2,1-6H3. The molecule has 2 nitrogen and oxygen atoms in total. The molecule has 0 fully saturated rings. The minimum absolute atomic E-state index is 0.0937. The fourth-order valence-corrected chi connectivity index (χ4v) is 6.13. The Morgan fingerprint density at radius 3 is 2.55 bits per heavy atom. The lowest BCUT2D eigenvalue weighted by Crippen LogP contribution is -2.34. The second-order valence-electron chi connectivity index (χ2n) is 11.0. The second-order valence-corrected chi connectivity index (χ2v) is 11.0. The molecule has 3 aliphatic rings. The summed E-state index contributed by atoms with van der Waals surface area (Å²) in [5.41, 5.74) is 8.28. The summed E-state index contributed by atoms with van der Waals surface area (Å²) in [5, 5.41) is 3.68. The Hall–Kier alpha value is -2.55. The van der Waals surface area contributed by atoms with Gasteiger partial charge in [0.1, 0.15) is 17.7 Å². The molecule has 0 amide bonds. The lowest BCUT2D eigenvalue weighted by Gasteiger charge is -2.42. The smallest absolute Gasteiger partial charge is 0.131 e. The molecule has 2 aromatic carbocycles. The van der Waals surface area contributed by atoms with E-state index in [1.165, 1.54) is 28.3 Å². The van der Waals surface area contributed by atoms with Crippen LogP contribution in [0.4, 0.5) is 10.1 Å². The van der Waals surface area contributed by atoms with Crippen LogP contribution < -0.4 is 10.1 Å². The quantitative estimate of drug-likeness (QED) is 0.476. The lowest BCUT2D eigenvalue weighted by atomic mass is 9.69. The molecule has 0 bridgehead atoms. The van der Waals surface area contributed by atoms with Gasteiger partial charge in [-0.25, -0.2) is 4.39 Å². The van der Waals surface area contributed by atoms with Crippen molar-refractivity contribution in [3.05, 3.63) is 65.0 Å². The van der Waals surface area contributed by atoms with E-state index in [2.05, 4.69) is 71.1 Å². The van der Waals surface area contributed by atoms with Gasteiger partial charge in [-0.05, 0) is 81.4 Å². The zero-order chi connectivity index (χ0) is 22.1. The van der Waals surface area contributed by atoms with Crippen molar-refractivity contribution in [2.24, 2.45) is 11.3 Å². The van der Waals surface area contributed by atoms with Crippen LogP contribution in [0.3, 0.4) is 0 Å². The lowest BCUT2D eigenvalue weighted by molar-refractivity contribution is 0.114. The van der Waals surface area contributed by atoms with Gasteiger partial charge in [0.05, 0.1) is 5.54 Å². The van der Waals surface area contributed by atoms with Crippen molar-refractivity contribution >= 4 is 11.3 Å². The molecular formula is C28H32FNO. The Morgan fingerprint density at radius 1 is 1.03 bits per heavy atom. The first-order chi connectivity index (χ1) is 14.5. The van der Waals surface area contributed by atoms with E-state index < -0.39 is 0 Å². The van der Waals surface area contributed by atoms with Crippen molar-refractivity contribution in [3.8, 4) is 16.9 Å². The molecule has 2 heterocycles. The molecule has 0 spiro atoms. The van der Waals surface area contributed by atoms with Crippen LogP contribution in [0.25, 0.3) is 16.7 Å². The summed E-state index contributed by atoms with van der Waals surface area (Å²) in [5.74, 6) is 0.819. The van der Waals surface area contributed by atoms with Crippen LogP contribution >= 0.6 is 0 Å². The van der Waals surface area contributed by atoms with Gasteiger partial charge in [-0.2, -0.15) is 0 Å². The number of nitrogens with one attached hydrogen (secondary N) is 1. The van der Waals surface area contributed by atoms with E-state index >= 15 is 0 Å². The van der Waals surface area contributed by atoms with Crippen molar-refractivity contribution in [1.29, 1.82) is 0 Å². The first-order valence-electron chi connectivity index (χ1n) is 11.3. The van der Waals surface area contributed by atoms with Gasteiger partial charge >= 0.3 is 0 Å². The third-order valence-electron chi connectivity index (χ3n) is 6.88. The molecule has 0 radical (unpaired) electrons. The fourth-order valence-electron chi connectivity index (χ4n) is 6.13. The minimum Gasteiger partial charge on any atom is -0.484 e. The molecule has 0 saturated carbocycles. The summed E-state index contributed by atoms with van der Waals surface area (Å²) >= 11 is 0. The van der Waals surface area contributed by atoms with Crippen molar-refractivity contribution in [2.45, 2.75) is 66.0 Å². The predicted octanol–water partition coefficient (Wildman–Crippen LogP) is 7.92. The van der Waals surface area contributed by atoms with Gasteiger partial charge in [-0.1, -0.05) is 37.6 Å².